The number of imide groups is 1. The predicted octanol–water partition coefficient (Wildman–Crippen LogP) is 2.21. The van der Waals surface area contributed by atoms with Crippen LogP contribution in [0, 0.1) is 5.41 Å². The van der Waals surface area contributed by atoms with Gasteiger partial charge in [0.05, 0.1) is 5.56 Å². The second-order valence-electron chi connectivity index (χ2n) is 9.76. The van der Waals surface area contributed by atoms with Crippen molar-refractivity contribution in [2.75, 3.05) is 37.6 Å². The van der Waals surface area contributed by atoms with Crippen LogP contribution in [0.1, 0.15) is 42.6 Å². The minimum atomic E-state index is -1.03. The van der Waals surface area contributed by atoms with E-state index in [1.807, 2.05) is 18.7 Å². The van der Waals surface area contributed by atoms with Gasteiger partial charge in [-0.15, -0.1) is 0 Å². The summed E-state index contributed by atoms with van der Waals surface area (Å²) in [6, 6.07) is 6.52. The quantitative estimate of drug-likeness (QED) is 0.599. The maximum absolute atomic E-state index is 12.6. The number of likely N-dealkylation sites (tertiary alicyclic amines) is 1. The Balaban J connectivity index is 1.24. The number of piperazine rings is 1. The summed E-state index contributed by atoms with van der Waals surface area (Å²) >= 11 is 0. The number of nitrogens with zero attached hydrogens (tertiary/aromatic N) is 5. The lowest BCUT2D eigenvalue weighted by Crippen LogP contribution is -2.49. The van der Waals surface area contributed by atoms with E-state index in [-0.39, 0.29) is 28.7 Å². The average Bonchev–Trinajstić information content (AvgIpc) is 2.84. The van der Waals surface area contributed by atoms with Crippen LogP contribution < -0.4 is 9.64 Å². The van der Waals surface area contributed by atoms with E-state index in [9.17, 15) is 19.2 Å². The number of pyridine rings is 2. The highest BCUT2D eigenvalue weighted by Crippen LogP contribution is 2.31. The molecular weight excluding hydrogens is 466 g/mol. The standard InChI is InChI=1S/C25H29N5O6/c1-25(2)13-21(31)30(22(32)14-25)8-7-17-3-6-20(27-15-17)36-24(35)29-11-9-28(10-12-29)19-5-4-18(16-26-19)23(33)34/h3-6,15-16H,7-14H2,1-2H3,(H,33,34). The number of anilines is 1. The molecule has 0 aliphatic carbocycles. The highest BCUT2D eigenvalue weighted by molar-refractivity contribution is 5.98. The second-order valence-corrected chi connectivity index (χ2v) is 9.76. The first-order valence-electron chi connectivity index (χ1n) is 11.8. The Bertz CT molecular complexity index is 1120. The zero-order chi connectivity index (χ0) is 25.9. The molecule has 11 nitrogen and oxygen atoms in total. The van der Waals surface area contributed by atoms with Crippen LogP contribution in [0.25, 0.3) is 0 Å². The van der Waals surface area contributed by atoms with Crippen molar-refractivity contribution in [2.24, 2.45) is 5.41 Å². The molecule has 190 valence electrons. The van der Waals surface area contributed by atoms with Gasteiger partial charge in [-0.3, -0.25) is 14.5 Å². The lowest BCUT2D eigenvalue weighted by molar-refractivity contribution is -0.152. The molecule has 1 N–H and O–H groups in total. The van der Waals surface area contributed by atoms with E-state index in [0.717, 1.165) is 5.56 Å². The van der Waals surface area contributed by atoms with Gasteiger partial charge in [0, 0.05) is 64.0 Å². The lowest BCUT2D eigenvalue weighted by atomic mass is 9.81. The van der Waals surface area contributed by atoms with Crippen LogP contribution in [0.2, 0.25) is 0 Å². The van der Waals surface area contributed by atoms with Crippen molar-refractivity contribution in [1.82, 2.24) is 19.8 Å². The Morgan fingerprint density at radius 1 is 0.972 bits per heavy atom. The fourth-order valence-electron chi connectivity index (χ4n) is 4.29. The number of amides is 3. The second kappa shape index (κ2) is 10.3. The molecule has 2 aliphatic rings. The molecule has 2 saturated heterocycles. The van der Waals surface area contributed by atoms with Crippen LogP contribution in [0.4, 0.5) is 10.6 Å². The number of rotatable bonds is 6. The third-order valence-electron chi connectivity index (χ3n) is 6.33. The van der Waals surface area contributed by atoms with Crippen molar-refractivity contribution in [3.05, 3.63) is 47.8 Å². The van der Waals surface area contributed by atoms with Gasteiger partial charge in [-0.05, 0) is 29.5 Å². The lowest BCUT2D eigenvalue weighted by Gasteiger charge is -2.34. The molecule has 4 rings (SSSR count). The van der Waals surface area contributed by atoms with Gasteiger partial charge in [-0.25, -0.2) is 19.6 Å². The molecule has 0 spiro atoms. The Morgan fingerprint density at radius 3 is 2.22 bits per heavy atom. The third kappa shape index (κ3) is 5.96. The van der Waals surface area contributed by atoms with Crippen LogP contribution in [-0.4, -0.2) is 81.5 Å². The Hall–Kier alpha value is -4.02. The minimum Gasteiger partial charge on any atom is -0.478 e. The molecule has 0 atom stereocenters. The molecule has 2 aromatic rings. The van der Waals surface area contributed by atoms with Gasteiger partial charge in [0.15, 0.2) is 0 Å². The van der Waals surface area contributed by atoms with Gasteiger partial charge in [-0.1, -0.05) is 19.9 Å². The van der Waals surface area contributed by atoms with Crippen molar-refractivity contribution in [1.29, 1.82) is 0 Å². The molecule has 0 unspecified atom stereocenters. The number of carboxylic acid groups (broad SMARTS) is 1. The molecule has 36 heavy (non-hydrogen) atoms. The summed E-state index contributed by atoms with van der Waals surface area (Å²) in [7, 11) is 0. The van der Waals surface area contributed by atoms with Crippen molar-refractivity contribution >= 4 is 29.7 Å². The van der Waals surface area contributed by atoms with Gasteiger partial charge in [-0.2, -0.15) is 0 Å². The molecule has 0 radical (unpaired) electrons. The first kappa shape index (κ1) is 25.1. The van der Waals surface area contributed by atoms with Crippen molar-refractivity contribution in [3.8, 4) is 5.88 Å². The maximum Gasteiger partial charge on any atom is 0.416 e. The van der Waals surface area contributed by atoms with Crippen LogP contribution in [0.3, 0.4) is 0 Å². The van der Waals surface area contributed by atoms with Crippen molar-refractivity contribution < 1.29 is 29.0 Å². The maximum atomic E-state index is 12.6. The molecule has 11 heteroatoms. The summed E-state index contributed by atoms with van der Waals surface area (Å²) in [5.74, 6) is -0.503. The van der Waals surface area contributed by atoms with E-state index < -0.39 is 12.1 Å². The molecule has 4 heterocycles. The normalized spacial score (nSPS) is 17.8. The summed E-state index contributed by atoms with van der Waals surface area (Å²) in [5.41, 5.74) is 0.654. The van der Waals surface area contributed by atoms with E-state index in [1.54, 1.807) is 29.3 Å². The number of hydrogen-bond donors (Lipinski definition) is 1. The first-order chi connectivity index (χ1) is 17.1. The van der Waals surface area contributed by atoms with Gasteiger partial charge in [0.1, 0.15) is 5.82 Å². The highest BCUT2D eigenvalue weighted by atomic mass is 16.6. The summed E-state index contributed by atoms with van der Waals surface area (Å²) in [4.78, 5) is 61.4. The fraction of sp³-hybridized carbons (Fsp3) is 0.440. The number of carbonyl (C=O) groups is 4. The Labute approximate surface area is 208 Å². The number of carbonyl (C=O) groups excluding carboxylic acids is 3. The summed E-state index contributed by atoms with van der Waals surface area (Å²) in [6.07, 6.45) is 3.58. The number of aromatic nitrogens is 2. The van der Waals surface area contributed by atoms with Gasteiger partial charge in [0.25, 0.3) is 0 Å². The van der Waals surface area contributed by atoms with Gasteiger partial charge in [0.2, 0.25) is 17.7 Å². The van der Waals surface area contributed by atoms with E-state index >= 15 is 0 Å². The molecule has 0 saturated carbocycles. The molecule has 2 fully saturated rings. The molecule has 3 amide bonds. The summed E-state index contributed by atoms with van der Waals surface area (Å²) < 4.78 is 5.40. The first-order valence-corrected chi connectivity index (χ1v) is 11.8. The zero-order valence-electron chi connectivity index (χ0n) is 20.3. The highest BCUT2D eigenvalue weighted by Gasteiger charge is 2.37. The van der Waals surface area contributed by atoms with E-state index in [0.29, 0.717) is 57.8 Å². The van der Waals surface area contributed by atoms with E-state index in [4.69, 9.17) is 9.84 Å². The molecule has 2 aliphatic heterocycles. The number of carboxylic acids is 1. The predicted molar refractivity (Wildman–Crippen MR) is 129 cm³/mol. The SMILES string of the molecule is CC1(C)CC(=O)N(CCc2ccc(OC(=O)N3CCN(c4ccc(C(=O)O)cn4)CC3)nc2)C(=O)C1. The molecular formula is C25H29N5O6. The van der Waals surface area contributed by atoms with E-state index in [1.165, 1.54) is 17.2 Å². The number of ether oxygens (including phenoxy) is 1. The number of aromatic carboxylic acids is 1. The topological polar surface area (TPSA) is 133 Å². The summed E-state index contributed by atoms with van der Waals surface area (Å²) in [5, 5.41) is 8.99. The smallest absolute Gasteiger partial charge is 0.416 e. The largest absolute Gasteiger partial charge is 0.478 e. The Morgan fingerprint density at radius 2 is 1.67 bits per heavy atom. The molecule has 2 aromatic heterocycles. The van der Waals surface area contributed by atoms with Crippen LogP contribution in [-0.2, 0) is 16.0 Å². The Kier molecular flexibility index (Phi) is 7.18. The third-order valence-corrected chi connectivity index (χ3v) is 6.33. The fourth-order valence-corrected chi connectivity index (χ4v) is 4.29. The number of hydrogen-bond acceptors (Lipinski definition) is 8. The van der Waals surface area contributed by atoms with Crippen LogP contribution in [0.5, 0.6) is 5.88 Å². The molecule has 0 aromatic carbocycles. The van der Waals surface area contributed by atoms with Crippen LogP contribution >= 0.6 is 0 Å². The summed E-state index contributed by atoms with van der Waals surface area (Å²) in [6.45, 7) is 6.05. The van der Waals surface area contributed by atoms with Crippen molar-refractivity contribution in [2.45, 2.75) is 33.1 Å². The average molecular weight is 496 g/mol. The minimum absolute atomic E-state index is 0.122. The van der Waals surface area contributed by atoms with E-state index in [2.05, 4.69) is 9.97 Å². The van der Waals surface area contributed by atoms with Gasteiger partial charge < -0.3 is 19.6 Å². The van der Waals surface area contributed by atoms with Crippen molar-refractivity contribution in [3.63, 3.8) is 0 Å². The van der Waals surface area contributed by atoms with Crippen LogP contribution in [0.15, 0.2) is 36.7 Å². The monoisotopic (exact) mass is 495 g/mol. The zero-order valence-corrected chi connectivity index (χ0v) is 20.3. The molecule has 0 bridgehead atoms. The van der Waals surface area contributed by atoms with Gasteiger partial charge >= 0.3 is 12.1 Å². The number of piperidine rings is 1.